The normalized spacial score (nSPS) is 13.8. The molecule has 0 spiro atoms. The summed E-state index contributed by atoms with van der Waals surface area (Å²) in [5.74, 6) is 0. The molecule has 16 heavy (non-hydrogen) atoms. The predicted molar refractivity (Wildman–Crippen MR) is 67.6 cm³/mol. The summed E-state index contributed by atoms with van der Waals surface area (Å²) >= 11 is 1.31. The lowest BCUT2D eigenvalue weighted by Gasteiger charge is -2.18. The van der Waals surface area contributed by atoms with E-state index in [1.54, 1.807) is 0 Å². The van der Waals surface area contributed by atoms with Crippen LogP contribution in [0.1, 0.15) is 56.7 Å². The van der Waals surface area contributed by atoms with Crippen molar-refractivity contribution in [1.29, 1.82) is 0 Å². The van der Waals surface area contributed by atoms with E-state index < -0.39 is 6.10 Å². The fourth-order valence-electron chi connectivity index (χ4n) is 1.52. The van der Waals surface area contributed by atoms with Crippen LogP contribution >= 0.6 is 11.5 Å². The topological polar surface area (TPSA) is 46.0 Å². The summed E-state index contributed by atoms with van der Waals surface area (Å²) < 4.78 is 3.95. The number of aliphatic hydroxyl groups excluding tert-OH is 1. The van der Waals surface area contributed by atoms with Crippen molar-refractivity contribution >= 4 is 11.5 Å². The van der Waals surface area contributed by atoms with Crippen molar-refractivity contribution in [3.8, 4) is 0 Å². The number of allylic oxidation sites excluding steroid dienone is 1. The summed E-state index contributed by atoms with van der Waals surface area (Å²) in [6, 6.07) is 0. The van der Waals surface area contributed by atoms with Gasteiger partial charge in [-0.3, -0.25) is 0 Å². The van der Waals surface area contributed by atoms with Crippen molar-refractivity contribution in [3.63, 3.8) is 0 Å². The molecule has 0 aliphatic heterocycles. The quantitative estimate of drug-likeness (QED) is 0.635. The van der Waals surface area contributed by atoms with Crippen LogP contribution in [-0.4, -0.2) is 14.7 Å². The van der Waals surface area contributed by atoms with Gasteiger partial charge in [-0.15, -0.1) is 11.7 Å². The highest BCUT2D eigenvalue weighted by atomic mass is 32.1. The standard InChI is InChI=1S/C12H20N2OS/c1-5-6-7-8-9(15)10-11(12(2,3)4)13-14-16-10/h5,9,15H,1,6-8H2,2-4H3. The third kappa shape index (κ3) is 3.39. The minimum atomic E-state index is -0.436. The van der Waals surface area contributed by atoms with Crippen LogP contribution in [0, 0.1) is 0 Å². The van der Waals surface area contributed by atoms with Gasteiger partial charge in [0.05, 0.1) is 16.7 Å². The minimum Gasteiger partial charge on any atom is -0.387 e. The number of aliphatic hydroxyl groups is 1. The molecule has 3 nitrogen and oxygen atoms in total. The number of unbranched alkanes of at least 4 members (excludes halogenated alkanes) is 1. The van der Waals surface area contributed by atoms with Crippen molar-refractivity contribution in [2.75, 3.05) is 0 Å². The van der Waals surface area contributed by atoms with Gasteiger partial charge in [0.25, 0.3) is 0 Å². The smallest absolute Gasteiger partial charge is 0.0917 e. The largest absolute Gasteiger partial charge is 0.387 e. The Kier molecular flexibility index (Phi) is 4.62. The Hall–Kier alpha value is -0.740. The third-order valence-electron chi connectivity index (χ3n) is 2.41. The number of nitrogens with zero attached hydrogens (tertiary/aromatic N) is 2. The first-order valence-corrected chi connectivity index (χ1v) is 6.36. The Morgan fingerprint density at radius 1 is 1.50 bits per heavy atom. The van der Waals surface area contributed by atoms with Gasteiger partial charge in [-0.25, -0.2) is 0 Å². The van der Waals surface area contributed by atoms with E-state index in [-0.39, 0.29) is 5.41 Å². The minimum absolute atomic E-state index is 0.0538. The lowest BCUT2D eigenvalue weighted by molar-refractivity contribution is 0.166. The maximum atomic E-state index is 10.1. The average molecular weight is 240 g/mol. The number of aromatic nitrogens is 2. The van der Waals surface area contributed by atoms with E-state index in [0.717, 1.165) is 29.8 Å². The van der Waals surface area contributed by atoms with E-state index in [0.29, 0.717) is 0 Å². The van der Waals surface area contributed by atoms with Gasteiger partial charge in [0, 0.05) is 5.41 Å². The van der Waals surface area contributed by atoms with Gasteiger partial charge >= 0.3 is 0 Å². The summed E-state index contributed by atoms with van der Waals surface area (Å²) in [4.78, 5) is 0.913. The van der Waals surface area contributed by atoms with Gasteiger partial charge in [0.15, 0.2) is 0 Å². The Labute approximate surface area is 101 Å². The number of hydrogen-bond donors (Lipinski definition) is 1. The van der Waals surface area contributed by atoms with Crippen LogP contribution in [-0.2, 0) is 5.41 Å². The van der Waals surface area contributed by atoms with Crippen molar-refractivity contribution in [1.82, 2.24) is 9.59 Å². The van der Waals surface area contributed by atoms with E-state index in [1.165, 1.54) is 11.5 Å². The SMILES string of the molecule is C=CCCCC(O)c1snnc1C(C)(C)C. The lowest BCUT2D eigenvalue weighted by Crippen LogP contribution is -2.15. The summed E-state index contributed by atoms with van der Waals surface area (Å²) in [5, 5.41) is 14.2. The summed E-state index contributed by atoms with van der Waals surface area (Å²) in [5.41, 5.74) is 0.866. The van der Waals surface area contributed by atoms with Crippen molar-refractivity contribution in [3.05, 3.63) is 23.2 Å². The van der Waals surface area contributed by atoms with Gasteiger partial charge in [-0.2, -0.15) is 0 Å². The molecule has 0 aromatic carbocycles. The van der Waals surface area contributed by atoms with Crippen LogP contribution in [0.3, 0.4) is 0 Å². The fourth-order valence-corrected chi connectivity index (χ4v) is 2.41. The molecule has 0 bridgehead atoms. The second-order valence-corrected chi connectivity index (χ2v) is 5.76. The lowest BCUT2D eigenvalue weighted by atomic mass is 9.90. The second-order valence-electron chi connectivity index (χ2n) is 4.97. The van der Waals surface area contributed by atoms with E-state index in [1.807, 2.05) is 6.08 Å². The second kappa shape index (κ2) is 5.55. The molecule has 1 aromatic heterocycles. The third-order valence-corrected chi connectivity index (χ3v) is 3.24. The molecule has 0 fully saturated rings. The Morgan fingerprint density at radius 3 is 2.75 bits per heavy atom. The van der Waals surface area contributed by atoms with E-state index in [4.69, 9.17) is 0 Å². The molecule has 90 valence electrons. The Balaban J connectivity index is 2.72. The highest BCUT2D eigenvalue weighted by Crippen LogP contribution is 2.32. The molecule has 0 aliphatic rings. The zero-order chi connectivity index (χ0) is 12.2. The molecule has 4 heteroatoms. The molecule has 0 saturated carbocycles. The summed E-state index contributed by atoms with van der Waals surface area (Å²) in [6.07, 6.45) is 4.08. The predicted octanol–water partition coefficient (Wildman–Crippen LogP) is 3.23. The highest BCUT2D eigenvalue weighted by molar-refractivity contribution is 7.05. The monoisotopic (exact) mass is 240 g/mol. The Morgan fingerprint density at radius 2 is 2.19 bits per heavy atom. The van der Waals surface area contributed by atoms with Gasteiger partial charge in [-0.05, 0) is 30.8 Å². The maximum Gasteiger partial charge on any atom is 0.0917 e. The van der Waals surface area contributed by atoms with Crippen LogP contribution in [0.5, 0.6) is 0 Å². The van der Waals surface area contributed by atoms with Crippen LogP contribution in [0.25, 0.3) is 0 Å². The molecular weight excluding hydrogens is 220 g/mol. The fraction of sp³-hybridized carbons (Fsp3) is 0.667. The number of hydrogen-bond acceptors (Lipinski definition) is 4. The van der Waals surface area contributed by atoms with Crippen molar-refractivity contribution < 1.29 is 5.11 Å². The molecule has 0 aliphatic carbocycles. The van der Waals surface area contributed by atoms with Gasteiger partial charge in [-0.1, -0.05) is 31.3 Å². The maximum absolute atomic E-state index is 10.1. The molecular formula is C12H20N2OS. The zero-order valence-corrected chi connectivity index (χ0v) is 11.0. The highest BCUT2D eigenvalue weighted by Gasteiger charge is 2.25. The molecule has 1 heterocycles. The Bertz CT molecular complexity index is 341. The van der Waals surface area contributed by atoms with Crippen molar-refractivity contribution in [2.24, 2.45) is 0 Å². The molecule has 0 amide bonds. The summed E-state index contributed by atoms with van der Waals surface area (Å²) in [7, 11) is 0. The first-order valence-electron chi connectivity index (χ1n) is 5.58. The van der Waals surface area contributed by atoms with Crippen LogP contribution < -0.4 is 0 Å². The van der Waals surface area contributed by atoms with E-state index >= 15 is 0 Å². The molecule has 1 unspecified atom stereocenters. The zero-order valence-electron chi connectivity index (χ0n) is 10.2. The van der Waals surface area contributed by atoms with Gasteiger partial charge in [0.2, 0.25) is 0 Å². The van der Waals surface area contributed by atoms with E-state index in [9.17, 15) is 5.11 Å². The van der Waals surface area contributed by atoms with Gasteiger partial charge < -0.3 is 5.11 Å². The molecule has 0 saturated heterocycles. The molecule has 1 atom stereocenters. The molecule has 1 rings (SSSR count). The van der Waals surface area contributed by atoms with Crippen LogP contribution in [0.4, 0.5) is 0 Å². The van der Waals surface area contributed by atoms with Crippen molar-refractivity contribution in [2.45, 2.75) is 51.6 Å². The van der Waals surface area contributed by atoms with Gasteiger partial charge in [0.1, 0.15) is 0 Å². The van der Waals surface area contributed by atoms with Crippen LogP contribution in [0.15, 0.2) is 12.7 Å². The summed E-state index contributed by atoms with van der Waals surface area (Å²) in [6.45, 7) is 9.93. The molecule has 0 radical (unpaired) electrons. The molecule has 1 aromatic rings. The number of rotatable bonds is 5. The van der Waals surface area contributed by atoms with Crippen LogP contribution in [0.2, 0.25) is 0 Å². The first kappa shape index (κ1) is 13.3. The average Bonchev–Trinajstić information content (AvgIpc) is 2.65. The first-order chi connectivity index (χ1) is 7.46. The molecule has 1 N–H and O–H groups in total. The van der Waals surface area contributed by atoms with E-state index in [2.05, 4.69) is 36.9 Å².